The Kier molecular flexibility index (Phi) is 6.47. The van der Waals surface area contributed by atoms with E-state index in [2.05, 4.69) is 4.90 Å². The Balaban J connectivity index is 2.23. The molecule has 0 aliphatic carbocycles. The molecule has 0 saturated carbocycles. The molecule has 5 heteroatoms. The summed E-state index contributed by atoms with van der Waals surface area (Å²) in [4.78, 5) is 13.6. The minimum atomic E-state index is -0.520. The Morgan fingerprint density at radius 1 is 1.47 bits per heavy atom. The molecule has 0 amide bonds. The first-order valence-electron chi connectivity index (χ1n) is 6.30. The lowest BCUT2D eigenvalue weighted by atomic mass is 9.97. The van der Waals surface area contributed by atoms with Gasteiger partial charge in [-0.05, 0) is 38.8 Å². The molecule has 1 aliphatic heterocycles. The molecule has 1 aliphatic rings. The molecule has 100 valence electrons. The number of esters is 1. The van der Waals surface area contributed by atoms with Gasteiger partial charge in [0.05, 0.1) is 6.61 Å². The number of methoxy groups -OCH3 is 1. The normalized spacial score (nSPS) is 20.2. The van der Waals surface area contributed by atoms with Crippen molar-refractivity contribution in [3.8, 4) is 0 Å². The predicted octanol–water partition coefficient (Wildman–Crippen LogP) is 0.235. The molecule has 1 fully saturated rings. The van der Waals surface area contributed by atoms with E-state index in [4.69, 9.17) is 15.2 Å². The third-order valence-electron chi connectivity index (χ3n) is 3.15. The molecule has 5 nitrogen and oxygen atoms in total. The van der Waals surface area contributed by atoms with Crippen LogP contribution in [0.15, 0.2) is 0 Å². The molecule has 0 aromatic rings. The fraction of sp³-hybridized carbons (Fsp3) is 0.917. The fourth-order valence-electron chi connectivity index (χ4n) is 2.17. The number of hydrogen-bond donors (Lipinski definition) is 1. The standard InChI is InChI=1S/C12H24N2O3/c1-3-17-12(15)11(13)8-14-6-4-10(5-7-14)9-16-2/h10-11H,3-9,13H2,1-2H3. The van der Waals surface area contributed by atoms with Crippen LogP contribution in [-0.2, 0) is 14.3 Å². The van der Waals surface area contributed by atoms with Gasteiger partial charge in [0, 0.05) is 20.3 Å². The van der Waals surface area contributed by atoms with Gasteiger partial charge in [-0.25, -0.2) is 0 Å². The van der Waals surface area contributed by atoms with Crippen LogP contribution in [-0.4, -0.2) is 56.9 Å². The zero-order valence-electron chi connectivity index (χ0n) is 10.9. The van der Waals surface area contributed by atoms with E-state index in [-0.39, 0.29) is 5.97 Å². The number of likely N-dealkylation sites (tertiary alicyclic amines) is 1. The van der Waals surface area contributed by atoms with E-state index in [0.29, 0.717) is 19.1 Å². The van der Waals surface area contributed by atoms with Crippen LogP contribution in [0.4, 0.5) is 0 Å². The van der Waals surface area contributed by atoms with Crippen LogP contribution in [0.2, 0.25) is 0 Å². The summed E-state index contributed by atoms with van der Waals surface area (Å²) in [6.07, 6.45) is 2.23. The smallest absolute Gasteiger partial charge is 0.324 e. The van der Waals surface area contributed by atoms with Crippen molar-refractivity contribution in [3.05, 3.63) is 0 Å². The van der Waals surface area contributed by atoms with Crippen LogP contribution in [0.25, 0.3) is 0 Å². The van der Waals surface area contributed by atoms with Crippen LogP contribution < -0.4 is 5.73 Å². The first-order chi connectivity index (χ1) is 8.17. The molecule has 1 atom stereocenters. The first-order valence-corrected chi connectivity index (χ1v) is 6.30. The van der Waals surface area contributed by atoms with Crippen LogP contribution in [0.3, 0.4) is 0 Å². The van der Waals surface area contributed by atoms with E-state index in [1.54, 1.807) is 14.0 Å². The van der Waals surface area contributed by atoms with Crippen molar-refractivity contribution in [3.63, 3.8) is 0 Å². The third-order valence-corrected chi connectivity index (χ3v) is 3.15. The maximum Gasteiger partial charge on any atom is 0.324 e. The van der Waals surface area contributed by atoms with Crippen molar-refractivity contribution < 1.29 is 14.3 Å². The van der Waals surface area contributed by atoms with Gasteiger partial charge in [-0.1, -0.05) is 0 Å². The number of carbonyl (C=O) groups excluding carboxylic acids is 1. The van der Waals surface area contributed by atoms with Gasteiger partial charge in [-0.2, -0.15) is 0 Å². The van der Waals surface area contributed by atoms with Crippen LogP contribution in [0.1, 0.15) is 19.8 Å². The average molecular weight is 244 g/mol. The molecule has 0 aromatic carbocycles. The Morgan fingerprint density at radius 3 is 2.65 bits per heavy atom. The first kappa shape index (κ1) is 14.4. The number of carbonyl (C=O) groups is 1. The highest BCUT2D eigenvalue weighted by Gasteiger charge is 2.23. The van der Waals surface area contributed by atoms with Gasteiger partial charge in [0.25, 0.3) is 0 Å². The van der Waals surface area contributed by atoms with Gasteiger partial charge in [0.2, 0.25) is 0 Å². The van der Waals surface area contributed by atoms with Gasteiger partial charge < -0.3 is 20.1 Å². The van der Waals surface area contributed by atoms with E-state index in [1.165, 1.54) is 0 Å². The predicted molar refractivity (Wildman–Crippen MR) is 65.6 cm³/mol. The zero-order chi connectivity index (χ0) is 12.7. The highest BCUT2D eigenvalue weighted by molar-refractivity contribution is 5.75. The third kappa shape index (κ3) is 5.02. The van der Waals surface area contributed by atoms with Crippen molar-refractivity contribution >= 4 is 5.97 Å². The number of piperidine rings is 1. The molecule has 0 radical (unpaired) electrons. The summed E-state index contributed by atoms with van der Waals surface area (Å²) in [6, 6.07) is -0.520. The summed E-state index contributed by atoms with van der Waals surface area (Å²) in [5.41, 5.74) is 5.79. The summed E-state index contributed by atoms with van der Waals surface area (Å²) in [5.74, 6) is 0.349. The summed E-state index contributed by atoms with van der Waals surface area (Å²) in [7, 11) is 1.74. The number of ether oxygens (including phenoxy) is 2. The Bertz CT molecular complexity index is 228. The van der Waals surface area contributed by atoms with E-state index in [1.807, 2.05) is 0 Å². The summed E-state index contributed by atoms with van der Waals surface area (Å²) in [5, 5.41) is 0. The van der Waals surface area contributed by atoms with E-state index < -0.39 is 6.04 Å². The molecule has 1 saturated heterocycles. The molecule has 0 aromatic heterocycles. The van der Waals surface area contributed by atoms with E-state index >= 15 is 0 Å². The van der Waals surface area contributed by atoms with E-state index in [0.717, 1.165) is 32.5 Å². The fourth-order valence-corrected chi connectivity index (χ4v) is 2.17. The maximum atomic E-state index is 11.4. The quantitative estimate of drug-likeness (QED) is 0.678. The molecule has 0 spiro atoms. The minimum Gasteiger partial charge on any atom is -0.465 e. The van der Waals surface area contributed by atoms with Crippen molar-refractivity contribution in [2.45, 2.75) is 25.8 Å². The Labute approximate surface area is 103 Å². The van der Waals surface area contributed by atoms with Crippen molar-refractivity contribution in [1.82, 2.24) is 4.90 Å². The second-order valence-electron chi connectivity index (χ2n) is 4.56. The van der Waals surface area contributed by atoms with Gasteiger partial charge in [0.15, 0.2) is 0 Å². The lowest BCUT2D eigenvalue weighted by molar-refractivity contribution is -0.145. The van der Waals surface area contributed by atoms with Crippen LogP contribution in [0, 0.1) is 5.92 Å². The van der Waals surface area contributed by atoms with Crippen LogP contribution >= 0.6 is 0 Å². The van der Waals surface area contributed by atoms with Gasteiger partial charge in [-0.15, -0.1) is 0 Å². The van der Waals surface area contributed by atoms with Gasteiger partial charge >= 0.3 is 5.97 Å². The zero-order valence-corrected chi connectivity index (χ0v) is 10.9. The minimum absolute atomic E-state index is 0.300. The second-order valence-corrected chi connectivity index (χ2v) is 4.56. The molecule has 1 heterocycles. The summed E-state index contributed by atoms with van der Waals surface area (Å²) in [6.45, 7) is 5.59. The van der Waals surface area contributed by atoms with Gasteiger partial charge in [-0.3, -0.25) is 4.79 Å². The summed E-state index contributed by atoms with van der Waals surface area (Å²) >= 11 is 0. The van der Waals surface area contributed by atoms with Crippen molar-refractivity contribution in [2.75, 3.05) is 40.0 Å². The Morgan fingerprint density at radius 2 is 2.12 bits per heavy atom. The SMILES string of the molecule is CCOC(=O)C(N)CN1CCC(COC)CC1. The molecule has 1 unspecified atom stereocenters. The summed E-state index contributed by atoms with van der Waals surface area (Å²) < 4.78 is 10.0. The highest BCUT2D eigenvalue weighted by atomic mass is 16.5. The maximum absolute atomic E-state index is 11.4. The number of nitrogens with two attached hydrogens (primary N) is 1. The lowest BCUT2D eigenvalue weighted by Gasteiger charge is -2.32. The molecule has 1 rings (SSSR count). The monoisotopic (exact) mass is 244 g/mol. The molecule has 2 N–H and O–H groups in total. The second kappa shape index (κ2) is 7.63. The molecule has 0 bridgehead atoms. The number of rotatable bonds is 6. The van der Waals surface area contributed by atoms with E-state index in [9.17, 15) is 4.79 Å². The average Bonchev–Trinajstić information content (AvgIpc) is 2.32. The Hall–Kier alpha value is -0.650. The molecular weight excluding hydrogens is 220 g/mol. The topological polar surface area (TPSA) is 64.8 Å². The number of hydrogen-bond acceptors (Lipinski definition) is 5. The van der Waals surface area contributed by atoms with Crippen molar-refractivity contribution in [2.24, 2.45) is 11.7 Å². The van der Waals surface area contributed by atoms with Crippen molar-refractivity contribution in [1.29, 1.82) is 0 Å². The molecular formula is C12H24N2O3. The molecule has 17 heavy (non-hydrogen) atoms. The number of nitrogens with zero attached hydrogens (tertiary/aromatic N) is 1. The van der Waals surface area contributed by atoms with Gasteiger partial charge in [0.1, 0.15) is 6.04 Å². The van der Waals surface area contributed by atoms with Crippen LogP contribution in [0.5, 0.6) is 0 Å². The highest BCUT2D eigenvalue weighted by Crippen LogP contribution is 2.17. The largest absolute Gasteiger partial charge is 0.465 e. The lowest BCUT2D eigenvalue weighted by Crippen LogP contribution is -2.46.